The maximum absolute atomic E-state index is 12.3. The van der Waals surface area contributed by atoms with Crippen LogP contribution < -0.4 is 0 Å². The summed E-state index contributed by atoms with van der Waals surface area (Å²) in [4.78, 5) is 4.25. The lowest BCUT2D eigenvalue weighted by molar-refractivity contribution is 0.466. The Balaban J connectivity index is 2.22. The first-order chi connectivity index (χ1) is 9.00. The lowest BCUT2D eigenvalue weighted by Crippen LogP contribution is -2.26. The van der Waals surface area contributed by atoms with Gasteiger partial charge in [-0.05, 0) is 24.6 Å². The van der Waals surface area contributed by atoms with Crippen molar-refractivity contribution in [2.75, 3.05) is 7.05 Å². The molecule has 0 saturated carbocycles. The van der Waals surface area contributed by atoms with Crippen molar-refractivity contribution in [1.82, 2.24) is 9.29 Å². The summed E-state index contributed by atoms with van der Waals surface area (Å²) in [6.07, 6.45) is 1.40. The van der Waals surface area contributed by atoms with E-state index < -0.39 is 10.0 Å². The summed E-state index contributed by atoms with van der Waals surface area (Å²) < 4.78 is 26.0. The summed E-state index contributed by atoms with van der Waals surface area (Å²) in [6, 6.07) is 12.8. The van der Waals surface area contributed by atoms with E-state index in [1.54, 1.807) is 19.2 Å². The zero-order valence-electron chi connectivity index (χ0n) is 10.9. The van der Waals surface area contributed by atoms with Gasteiger partial charge in [0, 0.05) is 25.5 Å². The number of benzene rings is 1. The molecule has 5 heteroatoms. The second-order valence-electron chi connectivity index (χ2n) is 4.38. The molecule has 0 aliphatic heterocycles. The van der Waals surface area contributed by atoms with Gasteiger partial charge >= 0.3 is 0 Å². The minimum absolute atomic E-state index is 0.219. The van der Waals surface area contributed by atoms with Gasteiger partial charge in [-0.15, -0.1) is 0 Å². The Labute approximate surface area is 113 Å². The Bertz CT molecular complexity index is 637. The minimum atomic E-state index is -3.48. The summed E-state index contributed by atoms with van der Waals surface area (Å²) in [7, 11) is -1.91. The summed E-state index contributed by atoms with van der Waals surface area (Å²) >= 11 is 0. The van der Waals surface area contributed by atoms with Crippen molar-refractivity contribution >= 4 is 10.0 Å². The van der Waals surface area contributed by atoms with E-state index in [2.05, 4.69) is 4.98 Å². The first-order valence-corrected chi connectivity index (χ1v) is 7.37. The van der Waals surface area contributed by atoms with Crippen LogP contribution in [0.2, 0.25) is 0 Å². The molecule has 0 spiro atoms. The van der Waals surface area contributed by atoms with Gasteiger partial charge in [0.15, 0.2) is 0 Å². The van der Waals surface area contributed by atoms with E-state index in [1.807, 2.05) is 37.3 Å². The Morgan fingerprint density at radius 1 is 1.11 bits per heavy atom. The molecular weight excluding hydrogens is 260 g/mol. The highest BCUT2D eigenvalue weighted by Gasteiger charge is 2.20. The Kier molecular flexibility index (Phi) is 3.97. The number of aryl methyl sites for hydroxylation is 1. The van der Waals surface area contributed by atoms with Gasteiger partial charge in [-0.3, -0.25) is 4.98 Å². The molecule has 0 aliphatic rings. The molecule has 0 fully saturated rings. The van der Waals surface area contributed by atoms with Crippen molar-refractivity contribution in [1.29, 1.82) is 0 Å². The number of nitrogens with zero attached hydrogens (tertiary/aromatic N) is 2. The zero-order valence-corrected chi connectivity index (χ0v) is 11.8. The van der Waals surface area contributed by atoms with E-state index in [-0.39, 0.29) is 4.90 Å². The fraction of sp³-hybridized carbons (Fsp3) is 0.214. The van der Waals surface area contributed by atoms with Crippen molar-refractivity contribution in [2.24, 2.45) is 0 Å². The average molecular weight is 276 g/mol. The number of rotatable bonds is 4. The molecule has 1 heterocycles. The highest BCUT2D eigenvalue weighted by Crippen LogP contribution is 2.15. The molecule has 100 valence electrons. The average Bonchev–Trinajstić information content (AvgIpc) is 2.40. The van der Waals surface area contributed by atoms with Crippen LogP contribution in [0, 0.1) is 6.92 Å². The Morgan fingerprint density at radius 3 is 2.37 bits per heavy atom. The normalized spacial score (nSPS) is 11.7. The molecule has 0 radical (unpaired) electrons. The van der Waals surface area contributed by atoms with Gasteiger partial charge in [0.2, 0.25) is 10.0 Å². The summed E-state index contributed by atoms with van der Waals surface area (Å²) in [6.45, 7) is 2.17. The van der Waals surface area contributed by atoms with Gasteiger partial charge in [0.1, 0.15) is 4.90 Å². The molecule has 0 bridgehead atoms. The van der Waals surface area contributed by atoms with Gasteiger partial charge in [0.05, 0.1) is 0 Å². The van der Waals surface area contributed by atoms with E-state index in [1.165, 1.54) is 10.5 Å². The molecule has 1 aromatic heterocycles. The lowest BCUT2D eigenvalue weighted by Gasteiger charge is -2.17. The molecule has 4 nitrogen and oxygen atoms in total. The molecule has 1 aromatic carbocycles. The van der Waals surface area contributed by atoms with Crippen LogP contribution in [0.5, 0.6) is 0 Å². The monoisotopic (exact) mass is 276 g/mol. The summed E-state index contributed by atoms with van der Waals surface area (Å²) in [5.41, 5.74) is 1.75. The zero-order chi connectivity index (χ0) is 13.9. The molecule has 0 N–H and O–H groups in total. The van der Waals surface area contributed by atoms with E-state index in [0.717, 1.165) is 11.3 Å². The van der Waals surface area contributed by atoms with Gasteiger partial charge in [-0.25, -0.2) is 8.42 Å². The second kappa shape index (κ2) is 5.50. The molecular formula is C14H16N2O2S. The third-order valence-electron chi connectivity index (χ3n) is 2.84. The predicted octanol–water partition coefficient (Wildman–Crippen LogP) is 2.21. The topological polar surface area (TPSA) is 50.3 Å². The van der Waals surface area contributed by atoms with Crippen molar-refractivity contribution in [3.05, 3.63) is 59.9 Å². The number of hydrogen-bond acceptors (Lipinski definition) is 3. The molecule has 19 heavy (non-hydrogen) atoms. The molecule has 2 rings (SSSR count). The maximum Gasteiger partial charge on any atom is 0.244 e. The van der Waals surface area contributed by atoms with Crippen molar-refractivity contribution in [2.45, 2.75) is 18.4 Å². The maximum atomic E-state index is 12.3. The number of sulfonamides is 1. The number of aromatic nitrogens is 1. The third-order valence-corrected chi connectivity index (χ3v) is 4.63. The van der Waals surface area contributed by atoms with Gasteiger partial charge < -0.3 is 0 Å². The van der Waals surface area contributed by atoms with E-state index in [0.29, 0.717) is 6.54 Å². The molecule has 0 unspecified atom stereocenters. The largest absolute Gasteiger partial charge is 0.260 e. The van der Waals surface area contributed by atoms with E-state index in [9.17, 15) is 8.42 Å². The standard InChI is InChI=1S/C14H16N2O2S/c1-12-8-9-14(10-15-12)19(17,18)16(2)11-13-6-4-3-5-7-13/h3-10H,11H2,1-2H3. The Hall–Kier alpha value is -1.72. The lowest BCUT2D eigenvalue weighted by atomic mass is 10.2. The first-order valence-electron chi connectivity index (χ1n) is 5.93. The number of hydrogen-bond donors (Lipinski definition) is 0. The van der Waals surface area contributed by atoms with Crippen LogP contribution in [0.1, 0.15) is 11.3 Å². The highest BCUT2D eigenvalue weighted by molar-refractivity contribution is 7.89. The second-order valence-corrected chi connectivity index (χ2v) is 6.43. The van der Waals surface area contributed by atoms with Crippen molar-refractivity contribution in [3.8, 4) is 0 Å². The first kappa shape index (κ1) is 13.7. The highest BCUT2D eigenvalue weighted by atomic mass is 32.2. The van der Waals surface area contributed by atoms with Gasteiger partial charge in [-0.2, -0.15) is 4.31 Å². The van der Waals surface area contributed by atoms with Crippen LogP contribution in [-0.2, 0) is 16.6 Å². The molecule has 0 saturated heterocycles. The summed E-state index contributed by atoms with van der Waals surface area (Å²) in [5.74, 6) is 0. The minimum Gasteiger partial charge on any atom is -0.260 e. The SMILES string of the molecule is Cc1ccc(S(=O)(=O)N(C)Cc2ccccc2)cn1. The quantitative estimate of drug-likeness (QED) is 0.860. The Morgan fingerprint density at radius 2 is 1.79 bits per heavy atom. The van der Waals surface area contributed by atoms with Gasteiger partial charge in [0.25, 0.3) is 0 Å². The number of pyridine rings is 1. The fourth-order valence-electron chi connectivity index (χ4n) is 1.71. The van der Waals surface area contributed by atoms with Crippen LogP contribution >= 0.6 is 0 Å². The van der Waals surface area contributed by atoms with Crippen molar-refractivity contribution in [3.63, 3.8) is 0 Å². The molecule has 0 amide bonds. The van der Waals surface area contributed by atoms with Crippen LogP contribution in [-0.4, -0.2) is 24.8 Å². The van der Waals surface area contributed by atoms with Crippen LogP contribution in [0.3, 0.4) is 0 Å². The van der Waals surface area contributed by atoms with E-state index >= 15 is 0 Å². The van der Waals surface area contributed by atoms with Crippen LogP contribution in [0.15, 0.2) is 53.6 Å². The third kappa shape index (κ3) is 3.19. The molecule has 0 aliphatic carbocycles. The smallest absolute Gasteiger partial charge is 0.244 e. The van der Waals surface area contributed by atoms with Crippen molar-refractivity contribution < 1.29 is 8.42 Å². The fourth-order valence-corrected chi connectivity index (χ4v) is 2.82. The molecule has 0 atom stereocenters. The predicted molar refractivity (Wildman–Crippen MR) is 74.1 cm³/mol. The van der Waals surface area contributed by atoms with E-state index in [4.69, 9.17) is 0 Å². The van der Waals surface area contributed by atoms with Crippen LogP contribution in [0.25, 0.3) is 0 Å². The summed E-state index contributed by atoms with van der Waals surface area (Å²) in [5, 5.41) is 0. The molecule has 2 aromatic rings. The van der Waals surface area contributed by atoms with Gasteiger partial charge in [-0.1, -0.05) is 30.3 Å². The van der Waals surface area contributed by atoms with Crippen LogP contribution in [0.4, 0.5) is 0 Å².